The van der Waals surface area contributed by atoms with E-state index in [0.717, 1.165) is 5.92 Å². The summed E-state index contributed by atoms with van der Waals surface area (Å²) < 4.78 is 0. The van der Waals surface area contributed by atoms with Gasteiger partial charge in [-0.05, 0) is 31.4 Å². The normalized spacial score (nSPS) is 27.8. The number of aryl methyl sites for hydroxylation is 1. The highest BCUT2D eigenvalue weighted by Gasteiger charge is 2.21. The van der Waals surface area contributed by atoms with Crippen LogP contribution in [-0.4, -0.2) is 6.54 Å². The quantitative estimate of drug-likeness (QED) is 0.692. The van der Waals surface area contributed by atoms with E-state index in [0.29, 0.717) is 6.04 Å². The van der Waals surface area contributed by atoms with Gasteiger partial charge in [0.1, 0.15) is 0 Å². The van der Waals surface area contributed by atoms with E-state index in [1.165, 1.54) is 24.1 Å². The molecule has 1 saturated heterocycles. The van der Waals surface area contributed by atoms with E-state index < -0.39 is 0 Å². The summed E-state index contributed by atoms with van der Waals surface area (Å²) in [5.41, 5.74) is 2.78. The van der Waals surface area contributed by atoms with E-state index in [4.69, 9.17) is 0 Å². The Labute approximate surface area is 80.2 Å². The van der Waals surface area contributed by atoms with Crippen LogP contribution < -0.4 is 5.32 Å². The van der Waals surface area contributed by atoms with Gasteiger partial charge in [0.15, 0.2) is 0 Å². The molecule has 0 saturated carbocycles. The number of benzene rings is 1. The lowest BCUT2D eigenvalue weighted by Crippen LogP contribution is -2.13. The Kier molecular flexibility index (Phi) is 2.36. The molecule has 2 atom stereocenters. The van der Waals surface area contributed by atoms with Gasteiger partial charge in [-0.25, -0.2) is 0 Å². The van der Waals surface area contributed by atoms with Crippen molar-refractivity contribution in [3.05, 3.63) is 35.4 Å². The minimum atomic E-state index is 0.593. The molecule has 0 radical (unpaired) electrons. The predicted molar refractivity (Wildman–Crippen MR) is 55.7 cm³/mol. The van der Waals surface area contributed by atoms with Crippen molar-refractivity contribution in [1.82, 2.24) is 5.32 Å². The van der Waals surface area contributed by atoms with Crippen LogP contribution in [0.4, 0.5) is 0 Å². The van der Waals surface area contributed by atoms with Gasteiger partial charge in [0.05, 0.1) is 0 Å². The fourth-order valence-electron chi connectivity index (χ4n) is 1.97. The van der Waals surface area contributed by atoms with Gasteiger partial charge in [-0.2, -0.15) is 0 Å². The lowest BCUT2D eigenvalue weighted by Gasteiger charge is -2.10. The van der Waals surface area contributed by atoms with Gasteiger partial charge in [0.25, 0.3) is 0 Å². The summed E-state index contributed by atoms with van der Waals surface area (Å²) in [5, 5.41) is 3.54. The zero-order valence-electron chi connectivity index (χ0n) is 8.38. The van der Waals surface area contributed by atoms with Gasteiger partial charge >= 0.3 is 0 Å². The number of hydrogen-bond acceptors (Lipinski definition) is 1. The first-order chi connectivity index (χ1) is 6.25. The largest absolute Gasteiger partial charge is 0.310 e. The molecule has 13 heavy (non-hydrogen) atoms. The van der Waals surface area contributed by atoms with Crippen molar-refractivity contribution in [1.29, 1.82) is 0 Å². The number of nitrogens with one attached hydrogen (secondary N) is 1. The first kappa shape index (κ1) is 8.76. The van der Waals surface area contributed by atoms with Crippen molar-refractivity contribution in [2.45, 2.75) is 26.3 Å². The standard InChI is InChI=1S/C12H17N/c1-9-3-5-11(6-4-9)12-7-10(2)8-13-12/h3-6,10,12-13H,7-8H2,1-2H3/t10-,12-/m1/s1. The molecule has 0 aliphatic carbocycles. The molecular formula is C12H17N. The molecule has 0 bridgehead atoms. The van der Waals surface area contributed by atoms with Crippen LogP contribution in [-0.2, 0) is 0 Å². The maximum absolute atomic E-state index is 3.54. The second-order valence-corrected chi connectivity index (χ2v) is 4.21. The van der Waals surface area contributed by atoms with E-state index in [9.17, 15) is 0 Å². The monoisotopic (exact) mass is 175 g/mol. The smallest absolute Gasteiger partial charge is 0.0323 e. The van der Waals surface area contributed by atoms with Crippen molar-refractivity contribution in [3.63, 3.8) is 0 Å². The van der Waals surface area contributed by atoms with Crippen molar-refractivity contribution >= 4 is 0 Å². The Balaban J connectivity index is 2.13. The zero-order valence-corrected chi connectivity index (χ0v) is 8.38. The molecule has 1 aliphatic rings. The summed E-state index contributed by atoms with van der Waals surface area (Å²) in [6.45, 7) is 5.61. The molecule has 1 nitrogen and oxygen atoms in total. The highest BCUT2D eigenvalue weighted by Crippen LogP contribution is 2.26. The molecule has 0 unspecified atom stereocenters. The van der Waals surface area contributed by atoms with Gasteiger partial charge in [0, 0.05) is 6.04 Å². The minimum Gasteiger partial charge on any atom is -0.310 e. The second-order valence-electron chi connectivity index (χ2n) is 4.21. The molecular weight excluding hydrogens is 158 g/mol. The lowest BCUT2D eigenvalue weighted by atomic mass is 10.0. The zero-order chi connectivity index (χ0) is 9.26. The van der Waals surface area contributed by atoms with E-state index >= 15 is 0 Å². The molecule has 0 amide bonds. The van der Waals surface area contributed by atoms with Gasteiger partial charge in [-0.15, -0.1) is 0 Å². The highest BCUT2D eigenvalue weighted by molar-refractivity contribution is 5.24. The Morgan fingerprint density at radius 3 is 2.46 bits per heavy atom. The molecule has 2 rings (SSSR count). The maximum Gasteiger partial charge on any atom is 0.0323 e. The van der Waals surface area contributed by atoms with Crippen LogP contribution in [0.25, 0.3) is 0 Å². The molecule has 0 aromatic heterocycles. The third kappa shape index (κ3) is 1.92. The van der Waals surface area contributed by atoms with Crippen molar-refractivity contribution < 1.29 is 0 Å². The van der Waals surface area contributed by atoms with Crippen LogP contribution in [0.1, 0.15) is 30.5 Å². The van der Waals surface area contributed by atoms with Gasteiger partial charge < -0.3 is 5.32 Å². The SMILES string of the molecule is Cc1ccc([C@H]2C[C@@H](C)CN2)cc1. The van der Waals surface area contributed by atoms with Crippen LogP contribution in [0, 0.1) is 12.8 Å². The summed E-state index contributed by atoms with van der Waals surface area (Å²) in [4.78, 5) is 0. The summed E-state index contributed by atoms with van der Waals surface area (Å²) in [6, 6.07) is 9.46. The van der Waals surface area contributed by atoms with Crippen LogP contribution in [0.5, 0.6) is 0 Å². The number of rotatable bonds is 1. The van der Waals surface area contributed by atoms with E-state index in [-0.39, 0.29) is 0 Å². The molecule has 1 fully saturated rings. The summed E-state index contributed by atoms with van der Waals surface area (Å²) in [5.74, 6) is 0.825. The Bertz CT molecular complexity index is 276. The Morgan fingerprint density at radius 2 is 1.92 bits per heavy atom. The number of hydrogen-bond donors (Lipinski definition) is 1. The summed E-state index contributed by atoms with van der Waals surface area (Å²) >= 11 is 0. The maximum atomic E-state index is 3.54. The summed E-state index contributed by atoms with van der Waals surface area (Å²) in [6.07, 6.45) is 1.28. The van der Waals surface area contributed by atoms with E-state index in [2.05, 4.69) is 43.4 Å². The minimum absolute atomic E-state index is 0.593. The van der Waals surface area contributed by atoms with Crippen molar-refractivity contribution in [3.8, 4) is 0 Å². The molecule has 1 aromatic rings. The topological polar surface area (TPSA) is 12.0 Å². The van der Waals surface area contributed by atoms with Crippen molar-refractivity contribution in [2.75, 3.05) is 6.54 Å². The first-order valence-electron chi connectivity index (χ1n) is 5.05. The van der Waals surface area contributed by atoms with Crippen LogP contribution in [0.3, 0.4) is 0 Å². The lowest BCUT2D eigenvalue weighted by molar-refractivity contribution is 0.612. The van der Waals surface area contributed by atoms with E-state index in [1.54, 1.807) is 0 Å². The van der Waals surface area contributed by atoms with E-state index in [1.807, 2.05) is 0 Å². The van der Waals surface area contributed by atoms with Gasteiger partial charge in [0.2, 0.25) is 0 Å². The molecule has 1 heteroatoms. The molecule has 1 aliphatic heterocycles. The molecule has 1 heterocycles. The van der Waals surface area contributed by atoms with Gasteiger partial charge in [-0.3, -0.25) is 0 Å². The second kappa shape index (κ2) is 3.51. The average Bonchev–Trinajstić information content (AvgIpc) is 2.53. The molecule has 0 spiro atoms. The summed E-state index contributed by atoms with van der Waals surface area (Å²) in [7, 11) is 0. The molecule has 1 N–H and O–H groups in total. The molecule has 70 valence electrons. The molecule has 1 aromatic carbocycles. The third-order valence-corrected chi connectivity index (χ3v) is 2.83. The van der Waals surface area contributed by atoms with Gasteiger partial charge in [-0.1, -0.05) is 36.8 Å². The fraction of sp³-hybridized carbons (Fsp3) is 0.500. The van der Waals surface area contributed by atoms with Crippen LogP contribution in [0.2, 0.25) is 0 Å². The van der Waals surface area contributed by atoms with Crippen LogP contribution >= 0.6 is 0 Å². The first-order valence-corrected chi connectivity index (χ1v) is 5.05. The van der Waals surface area contributed by atoms with Crippen molar-refractivity contribution in [2.24, 2.45) is 5.92 Å². The Morgan fingerprint density at radius 1 is 1.23 bits per heavy atom. The predicted octanol–water partition coefficient (Wildman–Crippen LogP) is 2.67. The fourth-order valence-corrected chi connectivity index (χ4v) is 1.97. The van der Waals surface area contributed by atoms with Crippen LogP contribution in [0.15, 0.2) is 24.3 Å². The Hall–Kier alpha value is -0.820. The highest BCUT2D eigenvalue weighted by atomic mass is 14.9. The third-order valence-electron chi connectivity index (χ3n) is 2.83. The average molecular weight is 175 g/mol.